The first-order chi connectivity index (χ1) is 28.1. The number of hydrogen-bond acceptors (Lipinski definition) is 5. The maximum absolute atomic E-state index is 9.06. The standard InChI is InChI=1S/C44H25N13.Zn/c45-55-52-30-12-6-27(7-13-30)42-35-20-18-33(48-35)41(26-4-2-1-3-5-26)34-19-21-36(49-34)43(28-8-14-31(15-9-28)53-56-46)38-23-25-40(51-38)44(39-24-22-37(42)50-39)29-10-16-32(17-11-29)54-57-47;/h1-25H;/q-2;+2. The topological polar surface area (TPSA) is 200 Å². The van der Waals surface area contributed by atoms with Crippen LogP contribution in [0.3, 0.4) is 0 Å². The molecular formula is C44H25N13Zn. The summed E-state index contributed by atoms with van der Waals surface area (Å²) in [6.07, 6.45) is 7.90. The Morgan fingerprint density at radius 3 is 0.914 bits per heavy atom. The predicted octanol–water partition coefficient (Wildman–Crippen LogP) is 13.4. The molecule has 9 rings (SSSR count). The van der Waals surface area contributed by atoms with Crippen molar-refractivity contribution in [1.29, 1.82) is 0 Å². The van der Waals surface area contributed by atoms with Crippen LogP contribution < -0.4 is 9.97 Å². The maximum atomic E-state index is 9.06. The third kappa shape index (κ3) is 7.02. The van der Waals surface area contributed by atoms with Crippen LogP contribution in [0.15, 0.2) is 143 Å². The molecule has 4 aromatic carbocycles. The van der Waals surface area contributed by atoms with Gasteiger partial charge in [0.15, 0.2) is 0 Å². The number of rotatable bonds is 7. The zero-order valence-electron chi connectivity index (χ0n) is 30.5. The van der Waals surface area contributed by atoms with E-state index >= 15 is 0 Å². The van der Waals surface area contributed by atoms with Crippen LogP contribution in [0.25, 0.3) is 122 Å². The zero-order valence-corrected chi connectivity index (χ0v) is 33.4. The predicted molar refractivity (Wildman–Crippen MR) is 225 cm³/mol. The molecule has 0 N–H and O–H groups in total. The van der Waals surface area contributed by atoms with Gasteiger partial charge in [-0.25, -0.2) is 9.97 Å². The van der Waals surface area contributed by atoms with Gasteiger partial charge < -0.3 is 9.97 Å². The van der Waals surface area contributed by atoms with Crippen molar-refractivity contribution in [3.05, 3.63) is 181 Å². The molecule has 0 atom stereocenters. The SMILES string of the molecule is [N-]=[N+]=Nc1ccc(-c2c3nc(c(-c4ccc(N=[N+]=[N-])cc4)c4ccc([n-]4)c(-c4ccc(N=[N+]=[N-])cc4)c4nc(c(-c5ccccc5)c5ccc2[n-]5)C=C4)C=C3)cc1.[Zn+2]. The Balaban J connectivity index is 0.00000469. The summed E-state index contributed by atoms with van der Waals surface area (Å²) < 4.78 is 0. The molecule has 3 aromatic heterocycles. The van der Waals surface area contributed by atoms with Gasteiger partial charge in [0.1, 0.15) is 0 Å². The largest absolute Gasteiger partial charge is 2.00 e. The smallest absolute Gasteiger partial charge is 0.657 e. The van der Waals surface area contributed by atoms with E-state index in [9.17, 15) is 0 Å². The number of benzene rings is 4. The zero-order chi connectivity index (χ0) is 38.7. The Morgan fingerprint density at radius 2 is 0.638 bits per heavy atom. The third-order valence-corrected chi connectivity index (χ3v) is 9.62. The number of azide groups is 3. The fraction of sp³-hybridized carbons (Fsp3) is 0. The molecule has 13 nitrogen and oxygen atoms in total. The molecule has 7 aromatic rings. The maximum Gasteiger partial charge on any atom is 2.00 e. The van der Waals surface area contributed by atoms with Gasteiger partial charge >= 0.3 is 19.5 Å². The van der Waals surface area contributed by atoms with Gasteiger partial charge in [0.05, 0.1) is 22.8 Å². The van der Waals surface area contributed by atoms with E-state index in [-0.39, 0.29) is 19.5 Å². The molecule has 0 saturated heterocycles. The quantitative estimate of drug-likeness (QED) is 0.0668. The molecule has 58 heavy (non-hydrogen) atoms. The van der Waals surface area contributed by atoms with E-state index in [2.05, 4.69) is 30.1 Å². The second-order valence-corrected chi connectivity index (χ2v) is 12.9. The molecule has 0 radical (unpaired) electrons. The molecule has 0 amide bonds. The summed E-state index contributed by atoms with van der Waals surface area (Å²) in [5.41, 5.74) is 40.7. The van der Waals surface area contributed by atoms with Crippen molar-refractivity contribution >= 4 is 63.4 Å². The fourth-order valence-electron chi connectivity index (χ4n) is 7.11. The second kappa shape index (κ2) is 16.0. The van der Waals surface area contributed by atoms with Crippen LogP contribution >= 0.6 is 0 Å². The molecule has 0 saturated carbocycles. The molecule has 0 unspecified atom stereocenters. The minimum atomic E-state index is 0. The van der Waals surface area contributed by atoms with Crippen molar-refractivity contribution in [1.82, 2.24) is 19.9 Å². The molecule has 268 valence electrons. The summed E-state index contributed by atoms with van der Waals surface area (Å²) in [7, 11) is 0. The third-order valence-electron chi connectivity index (χ3n) is 9.62. The first kappa shape index (κ1) is 37.0. The first-order valence-corrected chi connectivity index (χ1v) is 17.7. The van der Waals surface area contributed by atoms with E-state index < -0.39 is 0 Å². The van der Waals surface area contributed by atoms with Gasteiger partial charge in [-0.3, -0.25) is 0 Å². The average Bonchev–Trinajstić information content (AvgIpc) is 4.09. The normalized spacial score (nSPS) is 11.2. The first-order valence-electron chi connectivity index (χ1n) is 17.7. The fourth-order valence-corrected chi connectivity index (χ4v) is 7.11. The summed E-state index contributed by atoms with van der Waals surface area (Å²) in [4.78, 5) is 29.8. The van der Waals surface area contributed by atoms with Crippen molar-refractivity contribution in [3.8, 4) is 44.5 Å². The molecule has 8 bridgehead atoms. The van der Waals surface area contributed by atoms with Gasteiger partial charge in [-0.2, -0.15) is 0 Å². The molecule has 0 fully saturated rings. The van der Waals surface area contributed by atoms with Gasteiger partial charge in [-0.1, -0.05) is 143 Å². The molecular weight excluding hydrogens is 776 g/mol. The molecule has 2 aliphatic heterocycles. The van der Waals surface area contributed by atoms with E-state index in [1.165, 1.54) is 0 Å². The van der Waals surface area contributed by atoms with Crippen LogP contribution in [0.4, 0.5) is 17.1 Å². The Morgan fingerprint density at radius 1 is 0.362 bits per heavy atom. The van der Waals surface area contributed by atoms with E-state index in [0.717, 1.165) is 55.7 Å². The van der Waals surface area contributed by atoms with Gasteiger partial charge in [-0.05, 0) is 85.4 Å². The van der Waals surface area contributed by atoms with Gasteiger partial charge in [0.2, 0.25) is 0 Å². The van der Waals surface area contributed by atoms with Crippen LogP contribution in [-0.4, -0.2) is 9.97 Å². The number of fused-ring (bicyclic) bond motifs is 8. The summed E-state index contributed by atoms with van der Waals surface area (Å²) in [6, 6.07) is 39.9. The van der Waals surface area contributed by atoms with Crippen molar-refractivity contribution in [3.63, 3.8) is 0 Å². The van der Waals surface area contributed by atoms with Crippen molar-refractivity contribution in [2.24, 2.45) is 15.3 Å². The van der Waals surface area contributed by atoms with Crippen LogP contribution in [0.5, 0.6) is 0 Å². The van der Waals surface area contributed by atoms with Crippen molar-refractivity contribution in [2.75, 3.05) is 0 Å². The molecule has 2 aliphatic rings. The van der Waals surface area contributed by atoms with Crippen LogP contribution in [-0.2, 0) is 19.5 Å². The molecule has 5 heterocycles. The van der Waals surface area contributed by atoms with Gasteiger partial charge in [-0.15, -0.1) is 22.1 Å². The molecule has 0 aliphatic carbocycles. The average molecular weight is 801 g/mol. The number of aromatic nitrogens is 4. The van der Waals surface area contributed by atoms with E-state index in [0.29, 0.717) is 50.7 Å². The Labute approximate surface area is 342 Å². The van der Waals surface area contributed by atoms with Crippen molar-refractivity contribution < 1.29 is 19.5 Å². The Bertz CT molecular complexity index is 3050. The monoisotopic (exact) mass is 799 g/mol. The van der Waals surface area contributed by atoms with Crippen molar-refractivity contribution in [2.45, 2.75) is 0 Å². The minimum Gasteiger partial charge on any atom is -0.657 e. The summed E-state index contributed by atoms with van der Waals surface area (Å²) >= 11 is 0. The number of hydrogen-bond donors (Lipinski definition) is 0. The van der Waals surface area contributed by atoms with Gasteiger partial charge in [0, 0.05) is 31.8 Å². The second-order valence-electron chi connectivity index (χ2n) is 12.9. The Hall–Kier alpha value is -7.97. The van der Waals surface area contributed by atoms with E-state index in [4.69, 9.17) is 36.5 Å². The van der Waals surface area contributed by atoms with E-state index in [1.54, 1.807) is 36.4 Å². The summed E-state index contributed by atoms with van der Waals surface area (Å²) in [6.45, 7) is 0. The Kier molecular flexibility index (Phi) is 10.2. The van der Waals surface area contributed by atoms with Crippen LogP contribution in [0, 0.1) is 0 Å². The summed E-state index contributed by atoms with van der Waals surface area (Å²) in [5, 5.41) is 11.3. The van der Waals surface area contributed by atoms with Gasteiger partial charge in [0.25, 0.3) is 0 Å². The summed E-state index contributed by atoms with van der Waals surface area (Å²) in [5.74, 6) is 0. The molecule has 14 heteroatoms. The van der Waals surface area contributed by atoms with Crippen LogP contribution in [0.2, 0.25) is 0 Å². The van der Waals surface area contributed by atoms with Crippen LogP contribution in [0.1, 0.15) is 22.8 Å². The van der Waals surface area contributed by atoms with E-state index in [1.807, 2.05) is 115 Å². The minimum absolute atomic E-state index is 0. The molecule has 0 spiro atoms. The number of nitrogens with zero attached hydrogens (tertiary/aromatic N) is 13.